The Kier molecular flexibility index (Phi) is 0.707. The SMILES string of the molecule is SC1C2CNC1C2. The van der Waals surface area contributed by atoms with Crippen LogP contribution in [0.15, 0.2) is 0 Å². The van der Waals surface area contributed by atoms with Crippen LogP contribution in [0.2, 0.25) is 0 Å². The van der Waals surface area contributed by atoms with E-state index < -0.39 is 0 Å². The maximum atomic E-state index is 4.37. The molecule has 2 heteroatoms. The number of hydrogen-bond donors (Lipinski definition) is 2. The molecule has 1 nitrogen and oxygen atoms in total. The van der Waals surface area contributed by atoms with Crippen molar-refractivity contribution in [1.82, 2.24) is 5.32 Å². The van der Waals surface area contributed by atoms with Crippen LogP contribution in [0.3, 0.4) is 0 Å². The zero-order valence-corrected chi connectivity index (χ0v) is 4.99. The first-order chi connectivity index (χ1) is 3.38. The highest BCUT2D eigenvalue weighted by Crippen LogP contribution is 2.37. The third kappa shape index (κ3) is 0.391. The van der Waals surface area contributed by atoms with E-state index in [1.807, 2.05) is 0 Å². The first kappa shape index (κ1) is 4.21. The number of fused-ring (bicyclic) bond motifs is 1. The van der Waals surface area contributed by atoms with Crippen molar-refractivity contribution in [3.63, 3.8) is 0 Å². The summed E-state index contributed by atoms with van der Waals surface area (Å²) < 4.78 is 0. The fourth-order valence-corrected chi connectivity index (χ4v) is 1.90. The summed E-state index contributed by atoms with van der Waals surface area (Å²) in [5, 5.41) is 4.06. The van der Waals surface area contributed by atoms with Crippen molar-refractivity contribution in [2.24, 2.45) is 5.92 Å². The maximum absolute atomic E-state index is 4.37. The van der Waals surface area contributed by atoms with Crippen molar-refractivity contribution in [2.45, 2.75) is 17.7 Å². The highest BCUT2D eigenvalue weighted by Gasteiger charge is 2.44. The summed E-state index contributed by atoms with van der Waals surface area (Å²) >= 11 is 4.37. The van der Waals surface area contributed by atoms with Crippen molar-refractivity contribution in [2.75, 3.05) is 6.54 Å². The van der Waals surface area contributed by atoms with Crippen LogP contribution < -0.4 is 5.32 Å². The summed E-state index contributed by atoms with van der Waals surface area (Å²) in [4.78, 5) is 0. The molecule has 2 saturated heterocycles. The summed E-state index contributed by atoms with van der Waals surface area (Å²) in [6, 6.07) is 0.772. The third-order valence-corrected chi connectivity index (χ3v) is 2.88. The Morgan fingerprint density at radius 3 is 2.57 bits per heavy atom. The molecule has 0 spiro atoms. The lowest BCUT2D eigenvalue weighted by Gasteiger charge is -2.29. The highest BCUT2D eigenvalue weighted by molar-refractivity contribution is 7.81. The molecule has 7 heavy (non-hydrogen) atoms. The standard InChI is InChI=1S/C5H9NS/c7-5-3-1-4(5)6-2-3/h3-7H,1-2H2. The van der Waals surface area contributed by atoms with Crippen LogP contribution in [-0.2, 0) is 0 Å². The van der Waals surface area contributed by atoms with Gasteiger partial charge >= 0.3 is 0 Å². The van der Waals surface area contributed by atoms with E-state index in [9.17, 15) is 0 Å². The Balaban J connectivity index is 2.14. The van der Waals surface area contributed by atoms with Crippen molar-refractivity contribution >= 4 is 12.6 Å². The molecule has 3 aliphatic rings. The van der Waals surface area contributed by atoms with Gasteiger partial charge in [-0.1, -0.05) is 0 Å². The number of hydrogen-bond acceptors (Lipinski definition) is 2. The van der Waals surface area contributed by atoms with Gasteiger partial charge < -0.3 is 5.32 Å². The minimum atomic E-state index is 0.694. The maximum Gasteiger partial charge on any atom is 0.0212 e. The minimum Gasteiger partial charge on any atom is -0.313 e. The van der Waals surface area contributed by atoms with Gasteiger partial charge in [0, 0.05) is 11.3 Å². The molecule has 2 heterocycles. The van der Waals surface area contributed by atoms with Crippen LogP contribution in [-0.4, -0.2) is 17.8 Å². The molecule has 0 aromatic rings. The Labute approximate surface area is 48.9 Å². The molecule has 3 atom stereocenters. The molecule has 1 N–H and O–H groups in total. The third-order valence-electron chi connectivity index (χ3n) is 2.09. The van der Waals surface area contributed by atoms with Crippen molar-refractivity contribution < 1.29 is 0 Å². The van der Waals surface area contributed by atoms with Crippen molar-refractivity contribution in [1.29, 1.82) is 0 Å². The van der Waals surface area contributed by atoms with Gasteiger partial charge in [0.2, 0.25) is 0 Å². The second-order valence-electron chi connectivity index (χ2n) is 2.50. The Morgan fingerprint density at radius 1 is 1.57 bits per heavy atom. The summed E-state index contributed by atoms with van der Waals surface area (Å²) in [6.07, 6.45) is 1.38. The molecule has 0 radical (unpaired) electrons. The normalized spacial score (nSPS) is 57.0. The summed E-state index contributed by atoms with van der Waals surface area (Å²) in [7, 11) is 0. The van der Waals surface area contributed by atoms with Gasteiger partial charge in [-0.15, -0.1) is 0 Å². The van der Waals surface area contributed by atoms with Gasteiger partial charge in [-0.3, -0.25) is 0 Å². The van der Waals surface area contributed by atoms with E-state index in [1.165, 1.54) is 13.0 Å². The van der Waals surface area contributed by atoms with E-state index in [2.05, 4.69) is 17.9 Å². The Morgan fingerprint density at radius 2 is 2.43 bits per heavy atom. The first-order valence-electron chi connectivity index (χ1n) is 2.79. The molecule has 40 valence electrons. The second kappa shape index (κ2) is 1.17. The van der Waals surface area contributed by atoms with Crippen LogP contribution in [0.25, 0.3) is 0 Å². The van der Waals surface area contributed by atoms with Gasteiger partial charge in [-0.25, -0.2) is 0 Å². The zero-order valence-electron chi connectivity index (χ0n) is 4.09. The Hall–Kier alpha value is 0.310. The van der Waals surface area contributed by atoms with Crippen LogP contribution in [0.4, 0.5) is 0 Å². The second-order valence-corrected chi connectivity index (χ2v) is 3.10. The van der Waals surface area contributed by atoms with E-state index in [0.29, 0.717) is 5.25 Å². The van der Waals surface area contributed by atoms with Gasteiger partial charge in [0.1, 0.15) is 0 Å². The van der Waals surface area contributed by atoms with Crippen LogP contribution >= 0.6 is 12.6 Å². The van der Waals surface area contributed by atoms with Gasteiger partial charge in [0.15, 0.2) is 0 Å². The molecular formula is C5H9NS. The number of rotatable bonds is 0. The summed E-state index contributed by atoms with van der Waals surface area (Å²) in [5.74, 6) is 0.910. The Bertz CT molecular complexity index is 80.1. The lowest BCUT2D eigenvalue weighted by Crippen LogP contribution is -2.37. The van der Waals surface area contributed by atoms with E-state index in [4.69, 9.17) is 0 Å². The van der Waals surface area contributed by atoms with Gasteiger partial charge in [0.05, 0.1) is 0 Å². The molecule has 3 rings (SSSR count). The number of nitrogens with one attached hydrogen (secondary N) is 1. The van der Waals surface area contributed by atoms with Crippen molar-refractivity contribution in [3.05, 3.63) is 0 Å². The molecule has 1 aliphatic carbocycles. The molecule has 0 aromatic heterocycles. The van der Waals surface area contributed by atoms with Gasteiger partial charge in [-0.05, 0) is 18.9 Å². The fourth-order valence-electron chi connectivity index (χ4n) is 1.45. The van der Waals surface area contributed by atoms with E-state index >= 15 is 0 Å². The molecule has 0 amide bonds. The van der Waals surface area contributed by atoms with Gasteiger partial charge in [0.25, 0.3) is 0 Å². The van der Waals surface area contributed by atoms with E-state index in [-0.39, 0.29) is 0 Å². The predicted octanol–water partition coefficient (Wildman–Crippen LogP) is 0.277. The highest BCUT2D eigenvalue weighted by atomic mass is 32.1. The predicted molar refractivity (Wildman–Crippen MR) is 32.7 cm³/mol. The molecular weight excluding hydrogens is 106 g/mol. The quantitative estimate of drug-likeness (QED) is 0.432. The van der Waals surface area contributed by atoms with Gasteiger partial charge in [-0.2, -0.15) is 12.6 Å². The van der Waals surface area contributed by atoms with E-state index in [1.54, 1.807) is 0 Å². The average Bonchev–Trinajstić information content (AvgIpc) is 2.18. The monoisotopic (exact) mass is 115 g/mol. The minimum absolute atomic E-state index is 0.694. The molecule has 3 unspecified atom stereocenters. The smallest absolute Gasteiger partial charge is 0.0212 e. The van der Waals surface area contributed by atoms with Crippen molar-refractivity contribution in [3.8, 4) is 0 Å². The topological polar surface area (TPSA) is 12.0 Å². The number of thiol groups is 1. The molecule has 2 aliphatic heterocycles. The van der Waals surface area contributed by atoms with Crippen LogP contribution in [0, 0.1) is 5.92 Å². The zero-order chi connectivity index (χ0) is 4.85. The largest absolute Gasteiger partial charge is 0.313 e. The summed E-state index contributed by atoms with van der Waals surface area (Å²) in [6.45, 7) is 1.22. The summed E-state index contributed by atoms with van der Waals surface area (Å²) in [5.41, 5.74) is 0. The van der Waals surface area contributed by atoms with Crippen LogP contribution in [0.5, 0.6) is 0 Å². The molecule has 1 saturated carbocycles. The lowest BCUT2D eigenvalue weighted by molar-refractivity contribution is 0.392. The molecule has 3 fully saturated rings. The average molecular weight is 115 g/mol. The molecule has 2 bridgehead atoms. The molecule has 0 aromatic carbocycles. The van der Waals surface area contributed by atoms with E-state index in [0.717, 1.165) is 12.0 Å². The first-order valence-corrected chi connectivity index (χ1v) is 3.31. The lowest BCUT2D eigenvalue weighted by atomic mass is 9.86. The fraction of sp³-hybridized carbons (Fsp3) is 1.00. The van der Waals surface area contributed by atoms with Crippen LogP contribution in [0.1, 0.15) is 6.42 Å².